The topological polar surface area (TPSA) is 114 Å². The van der Waals surface area contributed by atoms with Crippen LogP contribution in [0.25, 0.3) is 11.4 Å². The molecule has 0 aliphatic carbocycles. The van der Waals surface area contributed by atoms with Crippen molar-refractivity contribution in [2.24, 2.45) is 0 Å². The number of aromatic nitrogens is 2. The van der Waals surface area contributed by atoms with E-state index in [0.717, 1.165) is 17.4 Å². The molecule has 1 amide bonds. The van der Waals surface area contributed by atoms with Crippen LogP contribution in [-0.4, -0.2) is 30.7 Å². The fraction of sp³-hybridized carbons (Fsp3) is 0.167. The lowest BCUT2D eigenvalue weighted by Crippen LogP contribution is -2.23. The first kappa shape index (κ1) is 18.6. The molecule has 0 bridgehead atoms. The van der Waals surface area contributed by atoms with E-state index in [9.17, 15) is 13.2 Å². The highest BCUT2D eigenvalue weighted by Crippen LogP contribution is 2.17. The van der Waals surface area contributed by atoms with Crippen LogP contribution in [0.4, 0.5) is 5.69 Å². The van der Waals surface area contributed by atoms with Gasteiger partial charge in [0.15, 0.2) is 0 Å². The average molecular weight is 386 g/mol. The molecule has 3 aromatic rings. The van der Waals surface area contributed by atoms with E-state index in [-0.39, 0.29) is 18.3 Å². The molecule has 0 spiro atoms. The Hall–Kier alpha value is -3.20. The standard InChI is InChI=1S/C18H18N4O4S/c1-12-5-3-6-13(9-12)17-20-16(26-21-17)11-19-18(23)14-7-4-8-15(10-14)22-27(2,24)25/h3-10,22H,11H2,1-2H3,(H,19,23). The number of amides is 1. The first-order chi connectivity index (χ1) is 12.8. The fourth-order valence-corrected chi connectivity index (χ4v) is 2.98. The molecule has 0 aliphatic rings. The summed E-state index contributed by atoms with van der Waals surface area (Å²) >= 11 is 0. The van der Waals surface area contributed by atoms with E-state index >= 15 is 0 Å². The summed E-state index contributed by atoms with van der Waals surface area (Å²) in [6.07, 6.45) is 1.04. The number of anilines is 1. The molecule has 27 heavy (non-hydrogen) atoms. The Labute approximate surface area is 156 Å². The van der Waals surface area contributed by atoms with Gasteiger partial charge in [0.25, 0.3) is 5.91 Å². The second-order valence-corrected chi connectivity index (χ2v) is 7.77. The normalized spacial score (nSPS) is 11.2. The number of benzene rings is 2. The van der Waals surface area contributed by atoms with E-state index in [1.165, 1.54) is 6.07 Å². The highest BCUT2D eigenvalue weighted by atomic mass is 32.2. The first-order valence-electron chi connectivity index (χ1n) is 8.06. The number of nitrogens with zero attached hydrogens (tertiary/aromatic N) is 2. The Balaban J connectivity index is 1.65. The number of aryl methyl sites for hydroxylation is 1. The van der Waals surface area contributed by atoms with Gasteiger partial charge in [-0.3, -0.25) is 9.52 Å². The first-order valence-corrected chi connectivity index (χ1v) is 9.95. The lowest BCUT2D eigenvalue weighted by Gasteiger charge is -2.06. The van der Waals surface area contributed by atoms with Crippen molar-refractivity contribution in [3.63, 3.8) is 0 Å². The molecule has 8 nitrogen and oxygen atoms in total. The Morgan fingerprint density at radius 3 is 2.67 bits per heavy atom. The molecule has 0 unspecified atom stereocenters. The zero-order valence-corrected chi connectivity index (χ0v) is 15.6. The van der Waals surface area contributed by atoms with Gasteiger partial charge in [-0.2, -0.15) is 4.98 Å². The summed E-state index contributed by atoms with van der Waals surface area (Å²) in [4.78, 5) is 16.5. The van der Waals surface area contributed by atoms with E-state index in [1.54, 1.807) is 18.2 Å². The van der Waals surface area contributed by atoms with Gasteiger partial charge in [0.2, 0.25) is 21.7 Å². The van der Waals surface area contributed by atoms with Crippen molar-refractivity contribution in [1.29, 1.82) is 0 Å². The maximum Gasteiger partial charge on any atom is 0.251 e. The third kappa shape index (κ3) is 5.14. The fourth-order valence-electron chi connectivity index (χ4n) is 2.42. The molecule has 0 radical (unpaired) electrons. The Kier molecular flexibility index (Phi) is 5.22. The Bertz CT molecular complexity index is 1080. The van der Waals surface area contributed by atoms with Gasteiger partial charge in [-0.1, -0.05) is 35.0 Å². The van der Waals surface area contributed by atoms with Crippen molar-refractivity contribution in [3.8, 4) is 11.4 Å². The van der Waals surface area contributed by atoms with Gasteiger partial charge in [0.05, 0.1) is 12.8 Å². The second-order valence-electron chi connectivity index (χ2n) is 6.02. The Morgan fingerprint density at radius 2 is 1.93 bits per heavy atom. The smallest absolute Gasteiger partial charge is 0.251 e. The molecule has 3 rings (SSSR count). The molecule has 9 heteroatoms. The zero-order chi connectivity index (χ0) is 19.4. The Morgan fingerprint density at radius 1 is 1.15 bits per heavy atom. The molecular formula is C18H18N4O4S. The van der Waals surface area contributed by atoms with E-state index < -0.39 is 10.0 Å². The van der Waals surface area contributed by atoms with Crippen LogP contribution in [0.2, 0.25) is 0 Å². The van der Waals surface area contributed by atoms with Crippen LogP contribution in [0.3, 0.4) is 0 Å². The molecule has 0 fully saturated rings. The third-order valence-corrected chi connectivity index (χ3v) is 4.18. The van der Waals surface area contributed by atoms with Crippen molar-refractivity contribution < 1.29 is 17.7 Å². The van der Waals surface area contributed by atoms with E-state index in [1.807, 2.05) is 31.2 Å². The van der Waals surface area contributed by atoms with Crippen molar-refractivity contribution in [2.45, 2.75) is 13.5 Å². The summed E-state index contributed by atoms with van der Waals surface area (Å²) < 4.78 is 30.1. The maximum atomic E-state index is 12.3. The zero-order valence-electron chi connectivity index (χ0n) is 14.8. The van der Waals surface area contributed by atoms with E-state index in [2.05, 4.69) is 20.2 Å². The molecule has 1 aromatic heterocycles. The molecular weight excluding hydrogens is 368 g/mol. The number of rotatable bonds is 6. The molecule has 2 aromatic carbocycles. The maximum absolute atomic E-state index is 12.3. The van der Waals surface area contributed by atoms with Crippen molar-refractivity contribution in [2.75, 3.05) is 11.0 Å². The molecule has 2 N–H and O–H groups in total. The summed E-state index contributed by atoms with van der Waals surface area (Å²) in [5.74, 6) is 0.329. The minimum absolute atomic E-state index is 0.0569. The minimum atomic E-state index is -3.42. The van der Waals surface area contributed by atoms with Gasteiger partial charge in [0.1, 0.15) is 0 Å². The van der Waals surface area contributed by atoms with Gasteiger partial charge in [-0.05, 0) is 31.2 Å². The van der Waals surface area contributed by atoms with Gasteiger partial charge >= 0.3 is 0 Å². The number of hydrogen-bond donors (Lipinski definition) is 2. The van der Waals surface area contributed by atoms with Crippen molar-refractivity contribution in [1.82, 2.24) is 15.5 Å². The molecule has 0 saturated heterocycles. The summed E-state index contributed by atoms with van der Waals surface area (Å²) in [5.41, 5.74) is 2.53. The predicted octanol–water partition coefficient (Wildman–Crippen LogP) is 2.35. The summed E-state index contributed by atoms with van der Waals surface area (Å²) in [7, 11) is -3.42. The third-order valence-electron chi connectivity index (χ3n) is 3.57. The van der Waals surface area contributed by atoms with Crippen LogP contribution in [0.5, 0.6) is 0 Å². The van der Waals surface area contributed by atoms with Crippen LogP contribution in [-0.2, 0) is 16.6 Å². The number of carbonyl (C=O) groups is 1. The van der Waals surface area contributed by atoms with Crippen LogP contribution in [0.1, 0.15) is 21.8 Å². The van der Waals surface area contributed by atoms with Gasteiger partial charge in [-0.25, -0.2) is 8.42 Å². The highest BCUT2D eigenvalue weighted by molar-refractivity contribution is 7.92. The molecule has 0 saturated carbocycles. The second kappa shape index (κ2) is 7.58. The number of hydrogen-bond acceptors (Lipinski definition) is 6. The van der Waals surface area contributed by atoms with Crippen molar-refractivity contribution in [3.05, 3.63) is 65.5 Å². The minimum Gasteiger partial charge on any atom is -0.343 e. The van der Waals surface area contributed by atoms with Crippen LogP contribution in [0.15, 0.2) is 53.1 Å². The van der Waals surface area contributed by atoms with E-state index in [4.69, 9.17) is 4.52 Å². The van der Waals surface area contributed by atoms with Gasteiger partial charge in [-0.15, -0.1) is 0 Å². The lowest BCUT2D eigenvalue weighted by molar-refractivity contribution is 0.0946. The molecule has 1 heterocycles. The van der Waals surface area contributed by atoms with Gasteiger partial charge < -0.3 is 9.84 Å². The summed E-state index contributed by atoms with van der Waals surface area (Å²) in [6, 6.07) is 13.9. The SMILES string of the molecule is Cc1cccc(-c2noc(CNC(=O)c3cccc(NS(C)(=O)=O)c3)n2)c1. The van der Waals surface area contributed by atoms with Gasteiger partial charge in [0, 0.05) is 16.8 Å². The summed E-state index contributed by atoms with van der Waals surface area (Å²) in [5, 5.41) is 6.59. The average Bonchev–Trinajstić information content (AvgIpc) is 3.07. The van der Waals surface area contributed by atoms with Crippen molar-refractivity contribution >= 4 is 21.6 Å². The predicted molar refractivity (Wildman–Crippen MR) is 101 cm³/mol. The highest BCUT2D eigenvalue weighted by Gasteiger charge is 2.12. The number of sulfonamides is 1. The van der Waals surface area contributed by atoms with Crippen LogP contribution < -0.4 is 10.0 Å². The number of carbonyl (C=O) groups excluding carboxylic acids is 1. The molecule has 0 atom stereocenters. The summed E-state index contributed by atoms with van der Waals surface area (Å²) in [6.45, 7) is 2.03. The molecule has 0 aliphatic heterocycles. The van der Waals surface area contributed by atoms with Crippen LogP contribution >= 0.6 is 0 Å². The lowest BCUT2D eigenvalue weighted by atomic mass is 10.1. The molecule has 140 valence electrons. The monoisotopic (exact) mass is 386 g/mol. The van der Waals surface area contributed by atoms with Crippen LogP contribution in [0, 0.1) is 6.92 Å². The largest absolute Gasteiger partial charge is 0.343 e. The van der Waals surface area contributed by atoms with E-state index in [0.29, 0.717) is 17.1 Å². The quantitative estimate of drug-likeness (QED) is 0.672. The number of nitrogens with one attached hydrogen (secondary N) is 2.